The molecular weight excluding hydrogens is 164 g/mol. The van der Waals surface area contributed by atoms with Gasteiger partial charge in [0.25, 0.3) is 0 Å². The highest BCUT2D eigenvalue weighted by atomic mass is 16.5. The van der Waals surface area contributed by atoms with Crippen LogP contribution in [0.3, 0.4) is 0 Å². The molecule has 0 radical (unpaired) electrons. The quantitative estimate of drug-likeness (QED) is 0.719. The first-order valence-electron chi connectivity index (χ1n) is 5.31. The molecule has 0 aromatic heterocycles. The number of nitrogens with zero attached hydrogens (tertiary/aromatic N) is 1. The third-order valence-corrected chi connectivity index (χ3v) is 2.31. The molecule has 2 atom stereocenters. The van der Waals surface area contributed by atoms with E-state index in [-0.39, 0.29) is 1.43 Å². The number of hydrogen-bond acceptors (Lipinski definition) is 3. The molecule has 3 nitrogen and oxygen atoms in total. The minimum absolute atomic E-state index is 0. The van der Waals surface area contributed by atoms with Crippen molar-refractivity contribution in [1.29, 1.82) is 0 Å². The van der Waals surface area contributed by atoms with E-state index in [1.54, 1.807) is 7.11 Å². The van der Waals surface area contributed by atoms with Crippen molar-refractivity contribution in [3.63, 3.8) is 0 Å². The van der Waals surface area contributed by atoms with E-state index in [1.165, 1.54) is 0 Å². The van der Waals surface area contributed by atoms with E-state index in [0.717, 1.165) is 19.5 Å². The van der Waals surface area contributed by atoms with E-state index >= 15 is 0 Å². The molecule has 0 aromatic carbocycles. The van der Waals surface area contributed by atoms with E-state index < -0.39 is 0 Å². The highest BCUT2D eigenvalue weighted by molar-refractivity contribution is 4.77. The van der Waals surface area contributed by atoms with Crippen molar-refractivity contribution in [3.8, 4) is 0 Å². The lowest BCUT2D eigenvalue weighted by Gasteiger charge is -2.36. The van der Waals surface area contributed by atoms with Gasteiger partial charge in [0.2, 0.25) is 0 Å². The normalized spacial score (nSPS) is 29.3. The first-order chi connectivity index (χ1) is 6.27. The van der Waals surface area contributed by atoms with Gasteiger partial charge >= 0.3 is 0 Å². The van der Waals surface area contributed by atoms with Gasteiger partial charge in [-0.2, -0.15) is 0 Å². The molecule has 1 aliphatic heterocycles. The largest absolute Gasteiger partial charge is 0.380 e. The molecule has 1 saturated heterocycles. The minimum Gasteiger partial charge on any atom is -0.380 e. The van der Waals surface area contributed by atoms with E-state index in [9.17, 15) is 0 Å². The first kappa shape index (κ1) is 12.9. The van der Waals surface area contributed by atoms with Crippen LogP contribution in [0.5, 0.6) is 0 Å². The average Bonchev–Trinajstić information content (AvgIpc) is 2.20. The Bertz CT molecular complexity index is 125. The highest BCUT2D eigenvalue weighted by Crippen LogP contribution is 2.10. The van der Waals surface area contributed by atoms with Gasteiger partial charge in [0.05, 0.1) is 6.10 Å². The third-order valence-electron chi connectivity index (χ3n) is 2.31. The van der Waals surface area contributed by atoms with Crippen LogP contribution in [0.25, 0.3) is 0 Å². The molecule has 1 aliphatic rings. The van der Waals surface area contributed by atoms with Crippen LogP contribution in [0.1, 0.15) is 35.5 Å². The van der Waals surface area contributed by atoms with Crippen LogP contribution in [0.15, 0.2) is 0 Å². The van der Waals surface area contributed by atoms with Crippen molar-refractivity contribution in [1.82, 2.24) is 10.4 Å². The molecule has 3 heteroatoms. The van der Waals surface area contributed by atoms with Gasteiger partial charge in [-0.3, -0.25) is 0 Å². The predicted molar refractivity (Wildman–Crippen MR) is 58.7 cm³/mol. The van der Waals surface area contributed by atoms with Crippen molar-refractivity contribution in [3.05, 3.63) is 0 Å². The van der Waals surface area contributed by atoms with Crippen molar-refractivity contribution in [2.45, 2.75) is 46.3 Å². The molecule has 1 N–H and O–H groups in total. The summed E-state index contributed by atoms with van der Waals surface area (Å²) in [6.45, 7) is 10.5. The van der Waals surface area contributed by atoms with Crippen LogP contribution < -0.4 is 5.43 Å². The molecule has 1 rings (SSSR count). The molecule has 0 aromatic rings. The van der Waals surface area contributed by atoms with E-state index in [2.05, 4.69) is 24.3 Å². The maximum absolute atomic E-state index is 5.31. The van der Waals surface area contributed by atoms with Gasteiger partial charge in [0.1, 0.15) is 0 Å². The van der Waals surface area contributed by atoms with Crippen molar-refractivity contribution in [2.75, 3.05) is 20.2 Å². The summed E-state index contributed by atoms with van der Waals surface area (Å²) in [6.07, 6.45) is 1.52. The fraction of sp³-hybridized carbons (Fsp3) is 1.00. The van der Waals surface area contributed by atoms with Crippen LogP contribution in [0.4, 0.5) is 0 Å². The Labute approximate surface area is 83.9 Å². The standard InChI is InChI=1S/C8H18N2O.C2H6.H2/c1-4-10-6-5-8(11-3)7(2)9-10;1-2;/h7-9H,4-6H2,1-3H3;1-2H3;1H/t7-,8+;;/m0../s1. The minimum atomic E-state index is 0. The number of methoxy groups -OCH3 is 1. The number of hydrogen-bond donors (Lipinski definition) is 1. The lowest BCUT2D eigenvalue weighted by Crippen LogP contribution is -2.54. The van der Waals surface area contributed by atoms with E-state index in [0.29, 0.717) is 12.1 Å². The lowest BCUT2D eigenvalue weighted by molar-refractivity contribution is -0.0103. The summed E-state index contributed by atoms with van der Waals surface area (Å²) < 4.78 is 5.31. The van der Waals surface area contributed by atoms with Gasteiger partial charge in [-0.05, 0) is 13.3 Å². The van der Waals surface area contributed by atoms with Crippen LogP contribution in [0.2, 0.25) is 0 Å². The molecule has 0 saturated carbocycles. The smallest absolute Gasteiger partial charge is 0.0747 e. The van der Waals surface area contributed by atoms with Crippen molar-refractivity contribution >= 4 is 0 Å². The highest BCUT2D eigenvalue weighted by Gasteiger charge is 2.23. The van der Waals surface area contributed by atoms with Gasteiger partial charge in [-0.15, -0.1) is 0 Å². The van der Waals surface area contributed by atoms with Crippen molar-refractivity contribution in [2.24, 2.45) is 0 Å². The zero-order chi connectivity index (χ0) is 10.3. The lowest BCUT2D eigenvalue weighted by atomic mass is 10.1. The molecule has 0 unspecified atom stereocenters. The summed E-state index contributed by atoms with van der Waals surface area (Å²) in [4.78, 5) is 0. The SMILES string of the molecule is CC.CCN1CC[C@@H](OC)[C@H](C)N1.[HH]. The van der Waals surface area contributed by atoms with Gasteiger partial charge < -0.3 is 4.74 Å². The maximum Gasteiger partial charge on any atom is 0.0747 e. The maximum atomic E-state index is 5.31. The Morgan fingerprint density at radius 1 is 1.54 bits per heavy atom. The second kappa shape index (κ2) is 7.30. The van der Waals surface area contributed by atoms with Gasteiger partial charge in [0, 0.05) is 27.7 Å². The monoisotopic (exact) mass is 190 g/mol. The molecule has 0 aliphatic carbocycles. The number of rotatable bonds is 2. The third kappa shape index (κ3) is 4.07. The van der Waals surface area contributed by atoms with E-state index in [4.69, 9.17) is 4.74 Å². The topological polar surface area (TPSA) is 24.5 Å². The molecule has 0 spiro atoms. The summed E-state index contributed by atoms with van der Waals surface area (Å²) in [6, 6.07) is 0.452. The van der Waals surface area contributed by atoms with Crippen LogP contribution >= 0.6 is 0 Å². The zero-order valence-electron chi connectivity index (χ0n) is 9.63. The Hall–Kier alpha value is -0.120. The Balaban J connectivity index is 0. The summed E-state index contributed by atoms with van der Waals surface area (Å²) >= 11 is 0. The summed E-state index contributed by atoms with van der Waals surface area (Å²) in [7, 11) is 1.78. The van der Waals surface area contributed by atoms with E-state index in [1.807, 2.05) is 13.8 Å². The number of nitrogens with one attached hydrogen (secondary N) is 1. The fourth-order valence-electron chi connectivity index (χ4n) is 1.54. The van der Waals surface area contributed by atoms with Gasteiger partial charge in [-0.1, -0.05) is 20.8 Å². The zero-order valence-corrected chi connectivity index (χ0v) is 9.63. The summed E-state index contributed by atoms with van der Waals surface area (Å²) in [5.74, 6) is 0. The molecule has 82 valence electrons. The van der Waals surface area contributed by atoms with Gasteiger partial charge in [-0.25, -0.2) is 10.4 Å². The summed E-state index contributed by atoms with van der Waals surface area (Å²) in [5, 5.41) is 2.24. The van der Waals surface area contributed by atoms with Crippen LogP contribution in [0, 0.1) is 0 Å². The molecule has 1 fully saturated rings. The Morgan fingerprint density at radius 2 is 2.15 bits per heavy atom. The first-order valence-corrected chi connectivity index (χ1v) is 5.31. The second-order valence-electron chi connectivity index (χ2n) is 3.06. The number of hydrazine groups is 1. The van der Waals surface area contributed by atoms with Crippen LogP contribution in [-0.2, 0) is 4.74 Å². The van der Waals surface area contributed by atoms with Crippen molar-refractivity contribution < 1.29 is 6.16 Å². The molecule has 13 heavy (non-hydrogen) atoms. The molecule has 1 heterocycles. The average molecular weight is 190 g/mol. The fourth-order valence-corrected chi connectivity index (χ4v) is 1.54. The predicted octanol–water partition coefficient (Wildman–Crippen LogP) is 1.89. The Morgan fingerprint density at radius 3 is 2.54 bits per heavy atom. The second-order valence-corrected chi connectivity index (χ2v) is 3.06. The van der Waals surface area contributed by atoms with Gasteiger partial charge in [0.15, 0.2) is 0 Å². The Kier molecular flexibility index (Phi) is 7.23. The number of ether oxygens (including phenoxy) is 1. The molecule has 0 bridgehead atoms. The molecule has 0 amide bonds. The molecular formula is C10H26N2O. The van der Waals surface area contributed by atoms with Crippen LogP contribution in [-0.4, -0.2) is 37.4 Å². The summed E-state index contributed by atoms with van der Waals surface area (Å²) in [5.41, 5.74) is 3.38.